The molecule has 0 spiro atoms. The maximum absolute atomic E-state index is 12.3. The summed E-state index contributed by atoms with van der Waals surface area (Å²) in [6.07, 6.45) is 0.00857. The van der Waals surface area contributed by atoms with Crippen molar-refractivity contribution in [1.29, 1.82) is 0 Å². The molecule has 0 aliphatic carbocycles. The van der Waals surface area contributed by atoms with Gasteiger partial charge < -0.3 is 19.7 Å². The summed E-state index contributed by atoms with van der Waals surface area (Å²) in [7, 11) is 1.39. The highest BCUT2D eigenvalue weighted by Gasteiger charge is 2.35. The monoisotopic (exact) mass is 427 g/mol. The number of methoxy groups -OCH3 is 1. The number of ether oxygens (including phenoxy) is 2. The van der Waals surface area contributed by atoms with E-state index in [-0.39, 0.29) is 30.2 Å². The Hall–Kier alpha value is -3.95. The molecule has 2 amide bonds. The molecule has 0 aromatic heterocycles. The van der Waals surface area contributed by atoms with Gasteiger partial charge in [-0.05, 0) is 11.6 Å². The summed E-state index contributed by atoms with van der Waals surface area (Å²) in [6, 6.07) is 13.3. The lowest BCUT2D eigenvalue weighted by Crippen LogP contribution is -2.28. The van der Waals surface area contributed by atoms with E-state index >= 15 is 0 Å². The van der Waals surface area contributed by atoms with Crippen molar-refractivity contribution in [2.45, 2.75) is 13.0 Å². The summed E-state index contributed by atoms with van der Waals surface area (Å²) in [5.74, 6) is -1.92. The standard InChI is InChI=1S/C21H21N3O7/c1-30-16-7-8-18(24(28)29)17(10-16)22-19(25)13-31-21(27)15-9-20(26)23(12-15)11-14-5-3-2-4-6-14/h2-8,10,15H,9,11-13H2,1H3,(H,22,25)/t15-/m1/s1. The second-order valence-corrected chi connectivity index (χ2v) is 6.96. The van der Waals surface area contributed by atoms with Crippen LogP contribution in [-0.4, -0.2) is 47.9 Å². The largest absolute Gasteiger partial charge is 0.497 e. The quantitative estimate of drug-likeness (QED) is 0.388. The van der Waals surface area contributed by atoms with Gasteiger partial charge in [0, 0.05) is 31.6 Å². The van der Waals surface area contributed by atoms with Gasteiger partial charge in [-0.15, -0.1) is 0 Å². The van der Waals surface area contributed by atoms with Gasteiger partial charge in [-0.2, -0.15) is 0 Å². The van der Waals surface area contributed by atoms with Crippen molar-refractivity contribution >= 4 is 29.2 Å². The Labute approximate surface area is 177 Å². The number of likely N-dealkylation sites (tertiary alicyclic amines) is 1. The van der Waals surface area contributed by atoms with Crippen molar-refractivity contribution in [3.8, 4) is 5.75 Å². The zero-order valence-corrected chi connectivity index (χ0v) is 16.8. The second kappa shape index (κ2) is 9.70. The van der Waals surface area contributed by atoms with E-state index in [4.69, 9.17) is 9.47 Å². The number of carbonyl (C=O) groups is 3. The van der Waals surface area contributed by atoms with Gasteiger partial charge in [-0.25, -0.2) is 0 Å². The predicted molar refractivity (Wildman–Crippen MR) is 109 cm³/mol. The number of amides is 2. The van der Waals surface area contributed by atoms with E-state index in [0.29, 0.717) is 12.3 Å². The van der Waals surface area contributed by atoms with E-state index in [1.54, 1.807) is 4.90 Å². The molecule has 0 saturated carbocycles. The smallest absolute Gasteiger partial charge is 0.311 e. The maximum Gasteiger partial charge on any atom is 0.311 e. The molecule has 10 heteroatoms. The van der Waals surface area contributed by atoms with Gasteiger partial charge in [0.25, 0.3) is 11.6 Å². The summed E-state index contributed by atoms with van der Waals surface area (Å²) < 4.78 is 10.0. The topological polar surface area (TPSA) is 128 Å². The number of nitrogens with one attached hydrogen (secondary N) is 1. The molecule has 1 fully saturated rings. The fraction of sp³-hybridized carbons (Fsp3) is 0.286. The number of nitro groups is 1. The van der Waals surface area contributed by atoms with E-state index in [1.165, 1.54) is 25.3 Å². The van der Waals surface area contributed by atoms with Crippen LogP contribution >= 0.6 is 0 Å². The Morgan fingerprint density at radius 1 is 1.23 bits per heavy atom. The van der Waals surface area contributed by atoms with Crippen LogP contribution in [0.3, 0.4) is 0 Å². The highest BCUT2D eigenvalue weighted by Crippen LogP contribution is 2.29. The first-order valence-corrected chi connectivity index (χ1v) is 9.48. The zero-order chi connectivity index (χ0) is 22.4. The average molecular weight is 427 g/mol. The second-order valence-electron chi connectivity index (χ2n) is 6.96. The minimum atomic E-state index is -0.741. The molecule has 0 bridgehead atoms. The lowest BCUT2D eigenvalue weighted by Gasteiger charge is -2.16. The molecule has 1 N–H and O–H groups in total. The molecular weight excluding hydrogens is 406 g/mol. The van der Waals surface area contributed by atoms with Crippen LogP contribution in [0.4, 0.5) is 11.4 Å². The molecule has 3 rings (SSSR count). The van der Waals surface area contributed by atoms with Gasteiger partial charge in [0.05, 0.1) is 18.0 Å². The number of carbonyl (C=O) groups excluding carboxylic acids is 3. The summed E-state index contributed by atoms with van der Waals surface area (Å²) in [6.45, 7) is -0.0322. The number of anilines is 1. The lowest BCUT2D eigenvalue weighted by molar-refractivity contribution is -0.383. The molecule has 1 aliphatic heterocycles. The number of nitrogens with zero attached hydrogens (tertiary/aromatic N) is 2. The number of esters is 1. The number of benzene rings is 2. The molecule has 1 atom stereocenters. The normalized spacial score (nSPS) is 15.5. The highest BCUT2D eigenvalue weighted by molar-refractivity contribution is 5.95. The molecule has 2 aromatic rings. The number of hydrogen-bond donors (Lipinski definition) is 1. The maximum atomic E-state index is 12.3. The van der Waals surface area contributed by atoms with Crippen molar-refractivity contribution in [3.05, 3.63) is 64.2 Å². The molecule has 0 unspecified atom stereocenters. The number of nitro benzene ring substituents is 1. The number of rotatable bonds is 8. The van der Waals surface area contributed by atoms with Gasteiger partial charge in [0.1, 0.15) is 11.4 Å². The van der Waals surface area contributed by atoms with Crippen LogP contribution in [0, 0.1) is 16.0 Å². The van der Waals surface area contributed by atoms with E-state index in [2.05, 4.69) is 5.32 Å². The van der Waals surface area contributed by atoms with Crippen LogP contribution < -0.4 is 10.1 Å². The van der Waals surface area contributed by atoms with E-state index in [1.807, 2.05) is 30.3 Å². The third kappa shape index (κ3) is 5.56. The van der Waals surface area contributed by atoms with Gasteiger partial charge in [0.15, 0.2) is 6.61 Å². The average Bonchev–Trinajstić information content (AvgIpc) is 3.12. The van der Waals surface area contributed by atoms with Crippen molar-refractivity contribution in [3.63, 3.8) is 0 Å². The number of hydrogen-bond acceptors (Lipinski definition) is 7. The fourth-order valence-electron chi connectivity index (χ4n) is 3.23. The summed E-state index contributed by atoms with van der Waals surface area (Å²) in [4.78, 5) is 48.7. The Balaban J connectivity index is 1.53. The first-order chi connectivity index (χ1) is 14.9. The molecule has 10 nitrogen and oxygen atoms in total. The molecule has 31 heavy (non-hydrogen) atoms. The van der Waals surface area contributed by atoms with Crippen LogP contribution in [0.1, 0.15) is 12.0 Å². The third-order valence-electron chi connectivity index (χ3n) is 4.78. The minimum absolute atomic E-state index is 0.00857. The van der Waals surface area contributed by atoms with Crippen molar-refractivity contribution in [1.82, 2.24) is 4.90 Å². The first kappa shape index (κ1) is 21.8. The molecular formula is C21H21N3O7. The van der Waals surface area contributed by atoms with Gasteiger partial charge in [-0.1, -0.05) is 30.3 Å². The highest BCUT2D eigenvalue weighted by atomic mass is 16.6. The minimum Gasteiger partial charge on any atom is -0.497 e. The Morgan fingerprint density at radius 3 is 2.65 bits per heavy atom. The summed E-state index contributed by atoms with van der Waals surface area (Å²) in [5, 5.41) is 13.5. The van der Waals surface area contributed by atoms with E-state index < -0.39 is 29.3 Å². The van der Waals surface area contributed by atoms with Crippen LogP contribution in [0.2, 0.25) is 0 Å². The van der Waals surface area contributed by atoms with Crippen LogP contribution in [0.15, 0.2) is 48.5 Å². The van der Waals surface area contributed by atoms with Crippen LogP contribution in [-0.2, 0) is 25.7 Å². The van der Waals surface area contributed by atoms with Gasteiger partial charge in [0.2, 0.25) is 5.91 Å². The summed E-state index contributed by atoms with van der Waals surface area (Å²) in [5.41, 5.74) is 0.554. The predicted octanol–water partition coefficient (Wildman–Crippen LogP) is 2.13. The van der Waals surface area contributed by atoms with Crippen molar-refractivity contribution in [2.75, 3.05) is 25.6 Å². The van der Waals surface area contributed by atoms with Gasteiger partial charge in [-0.3, -0.25) is 24.5 Å². The van der Waals surface area contributed by atoms with E-state index in [0.717, 1.165) is 5.56 Å². The third-order valence-corrected chi connectivity index (χ3v) is 4.78. The molecule has 162 valence electrons. The Bertz CT molecular complexity index is 994. The summed E-state index contributed by atoms with van der Waals surface area (Å²) >= 11 is 0. The Morgan fingerprint density at radius 2 is 1.97 bits per heavy atom. The SMILES string of the molecule is COc1ccc([N+](=O)[O-])c(NC(=O)COC(=O)[C@@H]2CC(=O)N(Cc3ccccc3)C2)c1. The molecule has 0 radical (unpaired) electrons. The Kier molecular flexibility index (Phi) is 6.81. The lowest BCUT2D eigenvalue weighted by atomic mass is 10.1. The molecule has 1 aliphatic rings. The van der Waals surface area contributed by atoms with Crippen LogP contribution in [0.25, 0.3) is 0 Å². The molecule has 1 saturated heterocycles. The van der Waals surface area contributed by atoms with Gasteiger partial charge >= 0.3 is 5.97 Å². The van der Waals surface area contributed by atoms with Crippen molar-refractivity contribution < 1.29 is 28.8 Å². The zero-order valence-electron chi connectivity index (χ0n) is 16.8. The van der Waals surface area contributed by atoms with E-state index in [9.17, 15) is 24.5 Å². The van der Waals surface area contributed by atoms with Crippen LogP contribution in [0.5, 0.6) is 5.75 Å². The molecule has 2 aromatic carbocycles. The fourth-order valence-corrected chi connectivity index (χ4v) is 3.23. The first-order valence-electron chi connectivity index (χ1n) is 9.48. The van der Waals surface area contributed by atoms with Crippen molar-refractivity contribution in [2.24, 2.45) is 5.92 Å². The molecule has 1 heterocycles.